The number of anilines is 1. The molecule has 3 aromatic rings. The van der Waals surface area contributed by atoms with Crippen molar-refractivity contribution in [3.05, 3.63) is 81.4 Å². The second kappa shape index (κ2) is 13.5. The van der Waals surface area contributed by atoms with Gasteiger partial charge in [0.15, 0.2) is 6.17 Å². The van der Waals surface area contributed by atoms with Gasteiger partial charge in [-0.15, -0.1) is 0 Å². The maximum absolute atomic E-state index is 17.2. The number of halogens is 6. The van der Waals surface area contributed by atoms with Crippen molar-refractivity contribution < 1.29 is 31.4 Å². The molecule has 0 bridgehead atoms. The van der Waals surface area contributed by atoms with Crippen LogP contribution in [0, 0.1) is 11.3 Å². The molecule has 11 heteroatoms. The fraction of sp³-hybridized carbons (Fsp3) is 0.605. The van der Waals surface area contributed by atoms with Crippen molar-refractivity contribution in [1.82, 2.24) is 15.0 Å². The molecule has 6 rings (SSSR count). The Labute approximate surface area is 284 Å². The maximum Gasteiger partial charge on any atom is 0.416 e. The van der Waals surface area contributed by atoms with E-state index in [1.165, 1.54) is 0 Å². The Morgan fingerprint density at radius 3 is 2.10 bits per heavy atom. The lowest BCUT2D eigenvalue weighted by Crippen LogP contribution is -2.36. The topological polar surface area (TPSA) is 62.1 Å². The first-order valence-corrected chi connectivity index (χ1v) is 17.5. The van der Waals surface area contributed by atoms with Crippen LogP contribution in [-0.2, 0) is 19.0 Å². The van der Waals surface area contributed by atoms with Crippen LogP contribution >= 0.6 is 0 Å². The number of fused-ring (bicyclic) bond motifs is 1. The van der Waals surface area contributed by atoms with Gasteiger partial charge >= 0.3 is 6.18 Å². The van der Waals surface area contributed by atoms with Gasteiger partial charge in [-0.3, -0.25) is 4.98 Å². The molecule has 1 saturated carbocycles. The Balaban J connectivity index is 1.42. The number of aliphatic hydroxyl groups is 1. The van der Waals surface area contributed by atoms with Crippen molar-refractivity contribution in [3.8, 4) is 0 Å². The van der Waals surface area contributed by atoms with Crippen molar-refractivity contribution >= 4 is 5.95 Å². The van der Waals surface area contributed by atoms with Gasteiger partial charge in [-0.05, 0) is 91.0 Å². The minimum Gasteiger partial charge on any atom is -0.388 e. The number of nitrogens with zero attached hydrogens (tertiary/aromatic N) is 4. The maximum atomic E-state index is 17.2. The van der Waals surface area contributed by atoms with E-state index in [-0.39, 0.29) is 48.1 Å². The number of benzene rings is 1. The summed E-state index contributed by atoms with van der Waals surface area (Å²) < 4.78 is 86.4. The van der Waals surface area contributed by atoms with Gasteiger partial charge in [0.05, 0.1) is 17.4 Å². The Hall–Kier alpha value is -3.21. The van der Waals surface area contributed by atoms with E-state index in [0.29, 0.717) is 73.2 Å². The van der Waals surface area contributed by atoms with Crippen LogP contribution in [0.5, 0.6) is 0 Å². The fourth-order valence-corrected chi connectivity index (χ4v) is 8.16. The van der Waals surface area contributed by atoms with Crippen LogP contribution in [0.15, 0.2) is 36.7 Å². The third-order valence-corrected chi connectivity index (χ3v) is 10.6. The third kappa shape index (κ3) is 7.76. The molecule has 266 valence electrons. The van der Waals surface area contributed by atoms with Gasteiger partial charge in [-0.25, -0.2) is 23.1 Å². The summed E-state index contributed by atoms with van der Waals surface area (Å²) in [5.74, 6) is -2.36. The molecular formula is C38H46F6N4O. The molecule has 0 radical (unpaired) electrons. The number of piperidine rings is 1. The van der Waals surface area contributed by atoms with E-state index in [0.717, 1.165) is 36.2 Å². The molecule has 2 aliphatic carbocycles. The molecule has 3 heterocycles. The number of hydrogen-bond donors (Lipinski definition) is 1. The molecule has 2 atom stereocenters. The summed E-state index contributed by atoms with van der Waals surface area (Å²) in [6.45, 7) is 9.53. The molecule has 3 aliphatic rings. The summed E-state index contributed by atoms with van der Waals surface area (Å²) >= 11 is 0. The zero-order valence-corrected chi connectivity index (χ0v) is 28.6. The third-order valence-electron chi connectivity index (χ3n) is 10.6. The molecule has 5 nitrogen and oxygen atoms in total. The molecule has 0 spiro atoms. The smallest absolute Gasteiger partial charge is 0.388 e. The Morgan fingerprint density at radius 2 is 1.53 bits per heavy atom. The first kappa shape index (κ1) is 35.6. The lowest BCUT2D eigenvalue weighted by molar-refractivity contribution is -0.137. The number of aromatic nitrogens is 3. The highest BCUT2D eigenvalue weighted by Crippen LogP contribution is 2.52. The highest BCUT2D eigenvalue weighted by atomic mass is 19.4. The van der Waals surface area contributed by atoms with E-state index in [1.54, 1.807) is 0 Å². The van der Waals surface area contributed by atoms with E-state index < -0.39 is 35.9 Å². The van der Waals surface area contributed by atoms with E-state index >= 15 is 4.39 Å². The molecule has 1 unspecified atom stereocenters. The summed E-state index contributed by atoms with van der Waals surface area (Å²) in [5.41, 5.74) is 2.42. The second-order valence-electron chi connectivity index (χ2n) is 15.6. The predicted molar refractivity (Wildman–Crippen MR) is 177 cm³/mol. The lowest BCUT2D eigenvalue weighted by atomic mass is 9.68. The minimum absolute atomic E-state index is 0.0383. The summed E-state index contributed by atoms with van der Waals surface area (Å²) in [5, 5.41) is 11.6. The largest absolute Gasteiger partial charge is 0.416 e. The van der Waals surface area contributed by atoms with E-state index in [4.69, 9.17) is 4.98 Å². The van der Waals surface area contributed by atoms with Crippen molar-refractivity contribution in [2.45, 2.75) is 122 Å². The quantitative estimate of drug-likeness (QED) is 0.251. The van der Waals surface area contributed by atoms with Gasteiger partial charge in [0.25, 0.3) is 0 Å². The van der Waals surface area contributed by atoms with Gasteiger partial charge in [0, 0.05) is 61.1 Å². The summed E-state index contributed by atoms with van der Waals surface area (Å²) in [6, 6.07) is 4.04. The highest BCUT2D eigenvalue weighted by Gasteiger charge is 2.44. The lowest BCUT2D eigenvalue weighted by Gasteiger charge is -2.41. The van der Waals surface area contributed by atoms with Gasteiger partial charge in [0.1, 0.15) is 0 Å². The van der Waals surface area contributed by atoms with Crippen molar-refractivity contribution in [2.75, 3.05) is 18.0 Å². The molecule has 1 N–H and O–H groups in total. The molecule has 0 amide bonds. The van der Waals surface area contributed by atoms with Gasteiger partial charge in [0.2, 0.25) is 11.9 Å². The molecular weight excluding hydrogens is 642 g/mol. The molecule has 49 heavy (non-hydrogen) atoms. The normalized spacial score (nSPS) is 22.3. The van der Waals surface area contributed by atoms with Crippen LogP contribution in [0.25, 0.3) is 0 Å². The van der Waals surface area contributed by atoms with Crippen LogP contribution in [-0.4, -0.2) is 39.1 Å². The van der Waals surface area contributed by atoms with Crippen LogP contribution in [0.1, 0.15) is 142 Å². The number of pyridine rings is 1. The average molecular weight is 689 g/mol. The Kier molecular flexibility index (Phi) is 9.80. The SMILES string of the molecule is CC(C)Cc1cnc(N2CCC(c3nc4c(c(C5CCC(F)(F)CC5)c3C(F)c3ccc(C(F)(F)F)cc3)[C@@H](O)CC(C)(C)C4)CC2)nc1. The highest BCUT2D eigenvalue weighted by molar-refractivity contribution is 5.51. The first-order chi connectivity index (χ1) is 23.0. The monoisotopic (exact) mass is 688 g/mol. The van der Waals surface area contributed by atoms with E-state index in [2.05, 4.69) is 28.7 Å². The fourth-order valence-electron chi connectivity index (χ4n) is 8.16. The van der Waals surface area contributed by atoms with Crippen LogP contribution in [0.2, 0.25) is 0 Å². The van der Waals surface area contributed by atoms with Crippen LogP contribution < -0.4 is 4.90 Å². The number of aliphatic hydroxyl groups excluding tert-OH is 1. The van der Waals surface area contributed by atoms with E-state index in [1.807, 2.05) is 26.2 Å². The Morgan fingerprint density at radius 1 is 0.918 bits per heavy atom. The molecule has 1 aromatic carbocycles. The molecule has 2 fully saturated rings. The number of hydrogen-bond acceptors (Lipinski definition) is 5. The number of rotatable bonds is 7. The number of alkyl halides is 6. The zero-order chi connectivity index (χ0) is 35.3. The van der Waals surface area contributed by atoms with E-state index in [9.17, 15) is 27.1 Å². The minimum atomic E-state index is -4.58. The zero-order valence-electron chi connectivity index (χ0n) is 28.6. The van der Waals surface area contributed by atoms with Crippen molar-refractivity contribution in [2.24, 2.45) is 11.3 Å². The second-order valence-corrected chi connectivity index (χ2v) is 15.6. The summed E-state index contributed by atoms with van der Waals surface area (Å²) in [7, 11) is 0. The molecule has 1 saturated heterocycles. The van der Waals surface area contributed by atoms with Crippen LogP contribution in [0.4, 0.5) is 32.3 Å². The average Bonchev–Trinajstić information content (AvgIpc) is 3.03. The molecule has 1 aliphatic heterocycles. The van der Waals surface area contributed by atoms with Crippen molar-refractivity contribution in [1.29, 1.82) is 0 Å². The van der Waals surface area contributed by atoms with Gasteiger partial charge in [-0.1, -0.05) is 39.8 Å². The Bertz CT molecular complexity index is 1610. The summed E-state index contributed by atoms with van der Waals surface area (Å²) in [6.07, 6.45) is -1.14. The molecule has 2 aromatic heterocycles. The predicted octanol–water partition coefficient (Wildman–Crippen LogP) is 9.83. The summed E-state index contributed by atoms with van der Waals surface area (Å²) in [4.78, 5) is 16.4. The van der Waals surface area contributed by atoms with Crippen LogP contribution in [0.3, 0.4) is 0 Å². The van der Waals surface area contributed by atoms with Crippen molar-refractivity contribution in [3.63, 3.8) is 0 Å². The standard InChI is InChI=1S/C38H46F6N4O/c1-22(2)17-23-20-45-35(46-21-23)48-15-11-26(12-16-48)34-32(33(39)25-5-7-27(8-6-25)38(42,43)44)30(24-9-13-37(40,41)14-10-24)31-28(47-34)18-36(3,4)19-29(31)49/h5-8,20-22,24,26,29,33,49H,9-19H2,1-4H3/t29-,33?/m0/s1. The first-order valence-electron chi connectivity index (χ1n) is 17.5. The van der Waals surface area contributed by atoms with Gasteiger partial charge in [-0.2, -0.15) is 13.2 Å². The van der Waals surface area contributed by atoms with Gasteiger partial charge < -0.3 is 10.0 Å².